The van der Waals surface area contributed by atoms with Crippen molar-refractivity contribution in [3.63, 3.8) is 0 Å². The highest BCUT2D eigenvalue weighted by molar-refractivity contribution is 9.11. The maximum Gasteiger partial charge on any atom is 0.264 e. The molecule has 1 heterocycles. The SMILES string of the molecule is CN(CC(=O)NCCCN)C(=O)c1ccc(Br)s1.Cl. The monoisotopic (exact) mass is 369 g/mol. The number of likely N-dealkylation sites (N-methyl/N-ethyl adjacent to an activating group) is 1. The number of rotatable bonds is 6. The van der Waals surface area contributed by atoms with Crippen LogP contribution in [0.2, 0.25) is 0 Å². The molecule has 0 bridgehead atoms. The lowest BCUT2D eigenvalue weighted by Gasteiger charge is -2.15. The summed E-state index contributed by atoms with van der Waals surface area (Å²) in [6.45, 7) is 1.14. The van der Waals surface area contributed by atoms with Gasteiger partial charge >= 0.3 is 0 Å². The van der Waals surface area contributed by atoms with Crippen LogP contribution in [0.15, 0.2) is 15.9 Å². The summed E-state index contributed by atoms with van der Waals surface area (Å²) >= 11 is 4.65. The molecule has 0 fully saturated rings. The van der Waals surface area contributed by atoms with Crippen molar-refractivity contribution in [1.29, 1.82) is 0 Å². The summed E-state index contributed by atoms with van der Waals surface area (Å²) in [5, 5.41) is 2.71. The topological polar surface area (TPSA) is 75.4 Å². The van der Waals surface area contributed by atoms with E-state index >= 15 is 0 Å². The molecule has 0 spiro atoms. The van der Waals surface area contributed by atoms with Crippen LogP contribution in [-0.4, -0.2) is 43.4 Å². The molecule has 3 N–H and O–H groups in total. The van der Waals surface area contributed by atoms with Gasteiger partial charge in [-0.2, -0.15) is 0 Å². The van der Waals surface area contributed by atoms with Gasteiger partial charge in [-0.1, -0.05) is 0 Å². The quantitative estimate of drug-likeness (QED) is 0.745. The third-order valence-electron chi connectivity index (χ3n) is 2.21. The first-order valence-corrected chi connectivity index (χ1v) is 7.13. The van der Waals surface area contributed by atoms with Crippen LogP contribution in [-0.2, 0) is 4.79 Å². The van der Waals surface area contributed by atoms with E-state index in [4.69, 9.17) is 5.73 Å². The van der Waals surface area contributed by atoms with Crippen molar-refractivity contribution in [3.8, 4) is 0 Å². The number of nitrogens with one attached hydrogen (secondary N) is 1. The van der Waals surface area contributed by atoms with Gasteiger partial charge < -0.3 is 16.0 Å². The summed E-state index contributed by atoms with van der Waals surface area (Å²) < 4.78 is 0.895. The van der Waals surface area contributed by atoms with E-state index in [0.717, 1.165) is 10.2 Å². The lowest BCUT2D eigenvalue weighted by molar-refractivity contribution is -0.121. The maximum absolute atomic E-state index is 11.9. The molecule has 2 amide bonds. The lowest BCUT2D eigenvalue weighted by Crippen LogP contribution is -2.38. The molecule has 0 unspecified atom stereocenters. The molecule has 0 aliphatic heterocycles. The molecule has 1 aromatic rings. The summed E-state index contributed by atoms with van der Waals surface area (Å²) in [6, 6.07) is 3.55. The zero-order chi connectivity index (χ0) is 13.5. The Hall–Kier alpha value is -0.630. The van der Waals surface area contributed by atoms with E-state index in [9.17, 15) is 9.59 Å². The predicted molar refractivity (Wildman–Crippen MR) is 82.9 cm³/mol. The molecular weight excluding hydrogens is 354 g/mol. The van der Waals surface area contributed by atoms with Crippen LogP contribution in [0, 0.1) is 0 Å². The molecule has 5 nitrogen and oxygen atoms in total. The van der Waals surface area contributed by atoms with Crippen LogP contribution >= 0.6 is 39.7 Å². The second kappa shape index (κ2) is 9.30. The van der Waals surface area contributed by atoms with Crippen LogP contribution in [0.1, 0.15) is 16.1 Å². The smallest absolute Gasteiger partial charge is 0.264 e. The first kappa shape index (κ1) is 18.4. The number of halogens is 2. The Morgan fingerprint density at radius 1 is 1.47 bits per heavy atom. The minimum Gasteiger partial charge on any atom is -0.355 e. The Morgan fingerprint density at radius 2 is 2.16 bits per heavy atom. The Morgan fingerprint density at radius 3 is 2.68 bits per heavy atom. The Balaban J connectivity index is 0.00000324. The van der Waals surface area contributed by atoms with Crippen LogP contribution in [0.4, 0.5) is 0 Å². The van der Waals surface area contributed by atoms with Gasteiger partial charge in [0.2, 0.25) is 5.91 Å². The summed E-state index contributed by atoms with van der Waals surface area (Å²) in [7, 11) is 1.61. The number of thiophene rings is 1. The summed E-state index contributed by atoms with van der Waals surface area (Å²) in [6.07, 6.45) is 0.737. The highest BCUT2D eigenvalue weighted by atomic mass is 79.9. The number of nitrogens with two attached hydrogens (primary N) is 1. The van der Waals surface area contributed by atoms with E-state index in [1.54, 1.807) is 13.1 Å². The molecule has 0 aromatic carbocycles. The van der Waals surface area contributed by atoms with Gasteiger partial charge in [0.1, 0.15) is 0 Å². The molecule has 0 saturated carbocycles. The molecular formula is C11H17BrClN3O2S. The standard InChI is InChI=1S/C11H16BrN3O2S.ClH/c1-15(7-10(16)14-6-2-5-13)11(17)8-3-4-9(12)18-8;/h3-4H,2,5-7,13H2,1H3,(H,14,16);1H. The number of amides is 2. The summed E-state index contributed by atoms with van der Waals surface area (Å²) in [5.41, 5.74) is 5.32. The van der Waals surface area contributed by atoms with Crippen LogP contribution in [0.25, 0.3) is 0 Å². The molecule has 0 saturated heterocycles. The molecule has 0 aliphatic rings. The fourth-order valence-electron chi connectivity index (χ4n) is 1.29. The molecule has 1 aromatic heterocycles. The van der Waals surface area contributed by atoms with Crippen LogP contribution in [0.3, 0.4) is 0 Å². The van der Waals surface area contributed by atoms with Gasteiger partial charge in [-0.25, -0.2) is 0 Å². The highest BCUT2D eigenvalue weighted by Crippen LogP contribution is 2.22. The number of carbonyl (C=O) groups is 2. The number of carbonyl (C=O) groups excluding carboxylic acids is 2. The fourth-order valence-corrected chi connectivity index (χ4v) is 2.67. The third kappa shape index (κ3) is 6.38. The van der Waals surface area contributed by atoms with E-state index in [0.29, 0.717) is 18.0 Å². The van der Waals surface area contributed by atoms with Crippen molar-refractivity contribution >= 4 is 51.5 Å². The average Bonchev–Trinajstić information content (AvgIpc) is 2.75. The van der Waals surface area contributed by atoms with Gasteiger partial charge in [-0.15, -0.1) is 23.7 Å². The first-order valence-electron chi connectivity index (χ1n) is 5.52. The zero-order valence-electron chi connectivity index (χ0n) is 10.5. The third-order valence-corrected chi connectivity index (χ3v) is 3.83. The molecule has 0 aliphatic carbocycles. The van der Waals surface area contributed by atoms with Gasteiger partial charge in [-0.05, 0) is 41.0 Å². The molecule has 108 valence electrons. The zero-order valence-corrected chi connectivity index (χ0v) is 13.7. The van der Waals surface area contributed by atoms with Crippen molar-refractivity contribution in [2.24, 2.45) is 5.73 Å². The van der Waals surface area contributed by atoms with Crippen molar-refractivity contribution in [1.82, 2.24) is 10.2 Å². The van der Waals surface area contributed by atoms with Crippen LogP contribution in [0.5, 0.6) is 0 Å². The maximum atomic E-state index is 11.9. The number of nitrogens with zero attached hydrogens (tertiary/aromatic N) is 1. The van der Waals surface area contributed by atoms with E-state index in [-0.39, 0.29) is 30.8 Å². The molecule has 0 atom stereocenters. The Kier molecular flexibility index (Phi) is 8.99. The Bertz CT molecular complexity index is 428. The normalized spacial score (nSPS) is 9.63. The molecule has 8 heteroatoms. The van der Waals surface area contributed by atoms with E-state index in [1.807, 2.05) is 6.07 Å². The highest BCUT2D eigenvalue weighted by Gasteiger charge is 2.16. The molecule has 19 heavy (non-hydrogen) atoms. The van der Waals surface area contributed by atoms with Crippen molar-refractivity contribution in [2.75, 3.05) is 26.7 Å². The molecule has 0 radical (unpaired) electrons. The minimum atomic E-state index is -0.171. The number of hydrogen-bond acceptors (Lipinski definition) is 4. The van der Waals surface area contributed by atoms with Gasteiger partial charge in [0.25, 0.3) is 5.91 Å². The lowest BCUT2D eigenvalue weighted by atomic mass is 10.4. The second-order valence-electron chi connectivity index (χ2n) is 3.76. The van der Waals surface area contributed by atoms with E-state index < -0.39 is 0 Å². The van der Waals surface area contributed by atoms with Crippen molar-refractivity contribution in [2.45, 2.75) is 6.42 Å². The average molecular weight is 371 g/mol. The minimum absolute atomic E-state index is 0. The van der Waals surface area contributed by atoms with Crippen molar-refractivity contribution in [3.05, 3.63) is 20.8 Å². The van der Waals surface area contributed by atoms with Gasteiger partial charge in [-0.3, -0.25) is 9.59 Å². The first-order chi connectivity index (χ1) is 8.54. The largest absolute Gasteiger partial charge is 0.355 e. The van der Waals surface area contributed by atoms with Gasteiger partial charge in [0.15, 0.2) is 0 Å². The number of hydrogen-bond donors (Lipinski definition) is 2. The second-order valence-corrected chi connectivity index (χ2v) is 6.22. The predicted octanol–water partition coefficient (Wildman–Crippen LogP) is 1.47. The van der Waals surface area contributed by atoms with Crippen LogP contribution < -0.4 is 11.1 Å². The fraction of sp³-hybridized carbons (Fsp3) is 0.455. The molecule has 1 rings (SSSR count). The van der Waals surface area contributed by atoms with Gasteiger partial charge in [0.05, 0.1) is 15.2 Å². The van der Waals surface area contributed by atoms with E-state index in [2.05, 4.69) is 21.2 Å². The van der Waals surface area contributed by atoms with E-state index in [1.165, 1.54) is 16.2 Å². The van der Waals surface area contributed by atoms with Crippen molar-refractivity contribution < 1.29 is 9.59 Å². The summed E-state index contributed by atoms with van der Waals surface area (Å²) in [5.74, 6) is -0.324. The Labute approximate surface area is 131 Å². The van der Waals surface area contributed by atoms with Gasteiger partial charge in [0, 0.05) is 13.6 Å². The summed E-state index contributed by atoms with van der Waals surface area (Å²) in [4.78, 5) is 25.5.